The third-order valence-corrected chi connectivity index (χ3v) is 5.82. The Labute approximate surface area is 203 Å². The van der Waals surface area contributed by atoms with Crippen molar-refractivity contribution in [2.75, 3.05) is 14.2 Å². The van der Waals surface area contributed by atoms with E-state index < -0.39 is 0 Å². The summed E-state index contributed by atoms with van der Waals surface area (Å²) < 4.78 is 8.80. The predicted octanol–water partition coefficient (Wildman–Crippen LogP) is 4.76. The van der Waals surface area contributed by atoms with Gasteiger partial charge in [-0.2, -0.15) is 10.2 Å². The summed E-state index contributed by atoms with van der Waals surface area (Å²) in [6.45, 7) is 2.82. The lowest BCUT2D eigenvalue weighted by Crippen LogP contribution is -2.23. The number of hydrogen-bond donors (Lipinski definition) is 0. The average molecular weight is 476 g/mol. The van der Waals surface area contributed by atoms with Crippen molar-refractivity contribution in [1.82, 2.24) is 24.5 Å². The molecule has 0 unspecified atom stereocenters. The van der Waals surface area contributed by atoms with Crippen LogP contribution in [0.15, 0.2) is 73.1 Å². The van der Waals surface area contributed by atoms with Crippen LogP contribution in [0.2, 0.25) is 5.15 Å². The number of aryl methyl sites for hydroxylation is 1. The number of benzene rings is 2. The number of para-hydroxylation sites is 1. The molecule has 0 spiro atoms. The van der Waals surface area contributed by atoms with Crippen LogP contribution in [0, 0.1) is 6.92 Å². The van der Waals surface area contributed by atoms with Crippen molar-refractivity contribution in [2.45, 2.75) is 20.0 Å². The normalized spacial score (nSPS) is 11.2. The zero-order valence-corrected chi connectivity index (χ0v) is 20.1. The van der Waals surface area contributed by atoms with Gasteiger partial charge in [0.2, 0.25) is 5.91 Å². The Morgan fingerprint density at radius 3 is 2.71 bits per heavy atom. The number of hydrogen-bond acceptors (Lipinski definition) is 4. The van der Waals surface area contributed by atoms with Crippen LogP contribution in [0.1, 0.15) is 22.4 Å². The van der Waals surface area contributed by atoms with E-state index in [0.29, 0.717) is 18.2 Å². The molecule has 8 heteroatoms. The van der Waals surface area contributed by atoms with Gasteiger partial charge in [-0.3, -0.25) is 4.79 Å². The summed E-state index contributed by atoms with van der Waals surface area (Å²) in [6.07, 6.45) is 6.93. The van der Waals surface area contributed by atoms with Gasteiger partial charge in [0, 0.05) is 37.0 Å². The summed E-state index contributed by atoms with van der Waals surface area (Å²) in [6, 6.07) is 17.6. The molecule has 2 aromatic heterocycles. The Morgan fingerprint density at radius 1 is 1.15 bits per heavy atom. The predicted molar refractivity (Wildman–Crippen MR) is 133 cm³/mol. The Morgan fingerprint density at radius 2 is 1.94 bits per heavy atom. The molecule has 0 saturated heterocycles. The van der Waals surface area contributed by atoms with Gasteiger partial charge >= 0.3 is 0 Å². The highest BCUT2D eigenvalue weighted by atomic mass is 35.5. The summed E-state index contributed by atoms with van der Waals surface area (Å²) in [5, 5.41) is 9.41. The molecule has 0 N–H and O–H groups in total. The van der Waals surface area contributed by atoms with E-state index in [9.17, 15) is 4.79 Å². The van der Waals surface area contributed by atoms with Crippen LogP contribution in [-0.2, 0) is 17.9 Å². The first kappa shape index (κ1) is 23.3. The number of halogens is 1. The second-order valence-corrected chi connectivity index (χ2v) is 8.31. The minimum absolute atomic E-state index is 0.136. The molecule has 1 amide bonds. The lowest BCUT2D eigenvalue weighted by Gasteiger charge is -2.13. The fourth-order valence-electron chi connectivity index (χ4n) is 3.60. The van der Waals surface area contributed by atoms with Crippen molar-refractivity contribution in [3.8, 4) is 11.4 Å². The largest absolute Gasteiger partial charge is 0.497 e. The lowest BCUT2D eigenvalue weighted by molar-refractivity contribution is -0.125. The molecule has 0 atom stereocenters. The van der Waals surface area contributed by atoms with Crippen molar-refractivity contribution in [3.63, 3.8) is 0 Å². The first-order valence-corrected chi connectivity index (χ1v) is 11.2. The number of amides is 1. The number of carbonyl (C=O) groups is 1. The van der Waals surface area contributed by atoms with E-state index in [2.05, 4.69) is 10.2 Å². The van der Waals surface area contributed by atoms with E-state index in [1.807, 2.05) is 67.7 Å². The number of methoxy groups -OCH3 is 1. The van der Waals surface area contributed by atoms with E-state index in [-0.39, 0.29) is 5.91 Å². The SMILES string of the molecule is COc1cccc(Cn2nc(C)c(C=CC(=O)N(C)Cc3cnn(-c4ccccc4)c3)c2Cl)c1. The first-order chi connectivity index (χ1) is 16.4. The Kier molecular flexibility index (Phi) is 7.13. The minimum atomic E-state index is -0.136. The number of ether oxygens (including phenoxy) is 1. The zero-order valence-electron chi connectivity index (χ0n) is 19.4. The van der Waals surface area contributed by atoms with Crippen molar-refractivity contribution in [2.24, 2.45) is 0 Å². The van der Waals surface area contributed by atoms with Gasteiger partial charge in [-0.05, 0) is 42.8 Å². The van der Waals surface area contributed by atoms with Crippen molar-refractivity contribution >= 4 is 23.6 Å². The minimum Gasteiger partial charge on any atom is -0.497 e. The topological polar surface area (TPSA) is 65.2 Å². The van der Waals surface area contributed by atoms with Crippen molar-refractivity contribution in [3.05, 3.63) is 101 Å². The first-order valence-electron chi connectivity index (χ1n) is 10.8. The molecule has 2 heterocycles. The van der Waals surface area contributed by atoms with E-state index in [1.165, 1.54) is 6.08 Å². The van der Waals surface area contributed by atoms with E-state index >= 15 is 0 Å². The third-order valence-electron chi connectivity index (χ3n) is 5.42. The van der Waals surface area contributed by atoms with Crippen LogP contribution in [0.25, 0.3) is 11.8 Å². The Hall–Kier alpha value is -3.84. The summed E-state index contributed by atoms with van der Waals surface area (Å²) in [7, 11) is 3.39. The standard InChI is InChI=1S/C26H26ClN5O2/c1-19-24(26(27)32(29-19)17-20-8-7-11-23(14-20)34-3)12-13-25(33)30(2)16-21-15-28-31(18-21)22-9-5-4-6-10-22/h4-15,18H,16-17H2,1-3H3. The van der Waals surface area contributed by atoms with Crippen LogP contribution < -0.4 is 4.74 Å². The maximum absolute atomic E-state index is 12.7. The van der Waals surface area contributed by atoms with Gasteiger partial charge in [0.1, 0.15) is 10.9 Å². The fraction of sp³-hybridized carbons (Fsp3) is 0.192. The number of nitrogens with zero attached hydrogens (tertiary/aromatic N) is 5. The van der Waals surface area contributed by atoms with Gasteiger partial charge in [0.05, 0.1) is 31.2 Å². The Balaban J connectivity index is 1.42. The van der Waals surface area contributed by atoms with Gasteiger partial charge in [-0.25, -0.2) is 9.36 Å². The molecule has 0 aliphatic heterocycles. The number of rotatable bonds is 8. The molecular weight excluding hydrogens is 450 g/mol. The molecule has 0 fully saturated rings. The second-order valence-electron chi connectivity index (χ2n) is 7.96. The van der Waals surface area contributed by atoms with Gasteiger partial charge < -0.3 is 9.64 Å². The maximum atomic E-state index is 12.7. The highest BCUT2D eigenvalue weighted by Gasteiger charge is 2.14. The molecular formula is C26H26ClN5O2. The monoisotopic (exact) mass is 475 g/mol. The molecule has 0 bridgehead atoms. The van der Waals surface area contributed by atoms with Crippen molar-refractivity contribution in [1.29, 1.82) is 0 Å². The molecule has 4 aromatic rings. The number of aromatic nitrogens is 4. The molecule has 4 rings (SSSR count). The number of carbonyl (C=O) groups excluding carboxylic acids is 1. The number of likely N-dealkylation sites (N-methyl/N-ethyl adjacent to an activating group) is 1. The summed E-state index contributed by atoms with van der Waals surface area (Å²) >= 11 is 6.59. The van der Waals surface area contributed by atoms with Crippen LogP contribution in [0.3, 0.4) is 0 Å². The molecule has 34 heavy (non-hydrogen) atoms. The van der Waals surface area contributed by atoms with Crippen LogP contribution in [-0.4, -0.2) is 44.5 Å². The quantitative estimate of drug-likeness (QED) is 0.345. The van der Waals surface area contributed by atoms with Gasteiger partial charge in [-0.15, -0.1) is 0 Å². The molecule has 0 saturated carbocycles. The van der Waals surface area contributed by atoms with E-state index in [0.717, 1.165) is 33.8 Å². The zero-order chi connectivity index (χ0) is 24.1. The van der Waals surface area contributed by atoms with E-state index in [1.54, 1.807) is 40.7 Å². The Bertz CT molecular complexity index is 1310. The summed E-state index contributed by atoms with van der Waals surface area (Å²) in [4.78, 5) is 14.3. The second kappa shape index (κ2) is 10.4. The highest BCUT2D eigenvalue weighted by Crippen LogP contribution is 2.23. The molecule has 0 aliphatic carbocycles. The van der Waals surface area contributed by atoms with Gasteiger partial charge in [0.15, 0.2) is 0 Å². The fourth-order valence-corrected chi connectivity index (χ4v) is 3.90. The molecule has 2 aromatic carbocycles. The molecule has 174 valence electrons. The molecule has 0 aliphatic rings. The maximum Gasteiger partial charge on any atom is 0.246 e. The van der Waals surface area contributed by atoms with Gasteiger partial charge in [0.25, 0.3) is 0 Å². The van der Waals surface area contributed by atoms with Crippen molar-refractivity contribution < 1.29 is 9.53 Å². The lowest BCUT2D eigenvalue weighted by atomic mass is 10.2. The smallest absolute Gasteiger partial charge is 0.246 e. The highest BCUT2D eigenvalue weighted by molar-refractivity contribution is 6.31. The van der Waals surface area contributed by atoms with Crippen LogP contribution in [0.5, 0.6) is 5.75 Å². The average Bonchev–Trinajstić information content (AvgIpc) is 3.42. The summed E-state index contributed by atoms with van der Waals surface area (Å²) in [5.74, 6) is 0.643. The van der Waals surface area contributed by atoms with E-state index in [4.69, 9.17) is 16.3 Å². The van der Waals surface area contributed by atoms with Gasteiger partial charge in [-0.1, -0.05) is 41.9 Å². The summed E-state index contributed by atoms with van der Waals surface area (Å²) in [5.41, 5.74) is 4.41. The molecule has 0 radical (unpaired) electrons. The molecule has 7 nitrogen and oxygen atoms in total. The third kappa shape index (κ3) is 5.38. The van der Waals surface area contributed by atoms with Crippen LogP contribution >= 0.6 is 11.6 Å². The van der Waals surface area contributed by atoms with Crippen LogP contribution in [0.4, 0.5) is 0 Å².